The maximum atomic E-state index is 12.0. The first kappa shape index (κ1) is 14.4. The molecular formula is C17H24N2O2. The third-order valence-corrected chi connectivity index (χ3v) is 4.50. The van der Waals surface area contributed by atoms with E-state index in [1.807, 2.05) is 17.0 Å². The molecule has 1 aromatic carbocycles. The van der Waals surface area contributed by atoms with Gasteiger partial charge in [0.2, 0.25) is 5.91 Å². The number of ether oxygens (including phenoxy) is 1. The Morgan fingerprint density at radius 1 is 1.29 bits per heavy atom. The van der Waals surface area contributed by atoms with Gasteiger partial charge < -0.3 is 15.4 Å². The summed E-state index contributed by atoms with van der Waals surface area (Å²) in [6, 6.07) is 8.16. The van der Waals surface area contributed by atoms with E-state index in [1.54, 1.807) is 0 Å². The first-order chi connectivity index (χ1) is 10.2. The van der Waals surface area contributed by atoms with E-state index in [-0.39, 0.29) is 5.91 Å². The largest absolute Gasteiger partial charge is 0.490 e. The minimum atomic E-state index is 0.215. The Balaban J connectivity index is 1.61. The van der Waals surface area contributed by atoms with Gasteiger partial charge in [0.25, 0.3) is 0 Å². The molecule has 1 heterocycles. The Bertz CT molecular complexity index is 497. The SMILES string of the molecule is NCC1CC(=O)N(Cc2cccc(OC3CCCC3)c2)C1. The van der Waals surface area contributed by atoms with E-state index in [0.29, 0.717) is 31.5 Å². The van der Waals surface area contributed by atoms with Crippen LogP contribution in [0.25, 0.3) is 0 Å². The van der Waals surface area contributed by atoms with Crippen molar-refractivity contribution in [1.29, 1.82) is 0 Å². The lowest BCUT2D eigenvalue weighted by molar-refractivity contribution is -0.128. The number of hydrogen-bond acceptors (Lipinski definition) is 3. The number of likely N-dealkylation sites (tertiary alicyclic amines) is 1. The van der Waals surface area contributed by atoms with Crippen molar-refractivity contribution in [3.63, 3.8) is 0 Å². The van der Waals surface area contributed by atoms with Crippen LogP contribution in [-0.4, -0.2) is 30.0 Å². The molecule has 1 saturated carbocycles. The van der Waals surface area contributed by atoms with Gasteiger partial charge >= 0.3 is 0 Å². The Morgan fingerprint density at radius 3 is 2.81 bits per heavy atom. The molecule has 3 rings (SSSR count). The zero-order valence-electron chi connectivity index (χ0n) is 12.5. The number of amides is 1. The van der Waals surface area contributed by atoms with Gasteiger partial charge in [-0.1, -0.05) is 12.1 Å². The second-order valence-electron chi connectivity index (χ2n) is 6.25. The molecular weight excluding hydrogens is 264 g/mol. The summed E-state index contributed by atoms with van der Waals surface area (Å²) in [5, 5.41) is 0. The zero-order chi connectivity index (χ0) is 14.7. The van der Waals surface area contributed by atoms with Gasteiger partial charge in [0.15, 0.2) is 0 Å². The van der Waals surface area contributed by atoms with E-state index in [4.69, 9.17) is 10.5 Å². The molecule has 114 valence electrons. The molecule has 21 heavy (non-hydrogen) atoms. The number of carbonyl (C=O) groups excluding carboxylic acids is 1. The Kier molecular flexibility index (Phi) is 4.44. The number of nitrogens with zero attached hydrogens (tertiary/aromatic N) is 1. The van der Waals surface area contributed by atoms with Gasteiger partial charge in [-0.3, -0.25) is 4.79 Å². The summed E-state index contributed by atoms with van der Waals surface area (Å²) in [5.74, 6) is 1.46. The number of nitrogens with two attached hydrogens (primary N) is 1. The van der Waals surface area contributed by atoms with Crippen molar-refractivity contribution in [2.24, 2.45) is 11.7 Å². The quantitative estimate of drug-likeness (QED) is 0.904. The molecule has 1 aliphatic carbocycles. The summed E-state index contributed by atoms with van der Waals surface area (Å²) in [5.41, 5.74) is 6.80. The summed E-state index contributed by atoms with van der Waals surface area (Å²) in [6.07, 6.45) is 5.82. The highest BCUT2D eigenvalue weighted by atomic mass is 16.5. The van der Waals surface area contributed by atoms with Crippen LogP contribution < -0.4 is 10.5 Å². The summed E-state index contributed by atoms with van der Waals surface area (Å²) in [4.78, 5) is 13.9. The Labute approximate surface area is 126 Å². The summed E-state index contributed by atoms with van der Waals surface area (Å²) in [6.45, 7) is 2.04. The van der Waals surface area contributed by atoms with Gasteiger partial charge in [-0.05, 0) is 55.8 Å². The fourth-order valence-corrected chi connectivity index (χ4v) is 3.30. The fourth-order valence-electron chi connectivity index (χ4n) is 3.30. The van der Waals surface area contributed by atoms with Crippen LogP contribution in [0.4, 0.5) is 0 Å². The van der Waals surface area contributed by atoms with Gasteiger partial charge in [0, 0.05) is 19.5 Å². The molecule has 1 saturated heterocycles. The highest BCUT2D eigenvalue weighted by Crippen LogP contribution is 2.26. The van der Waals surface area contributed by atoms with Crippen molar-refractivity contribution in [2.75, 3.05) is 13.1 Å². The smallest absolute Gasteiger partial charge is 0.223 e. The molecule has 1 atom stereocenters. The van der Waals surface area contributed by atoms with Gasteiger partial charge in [0.05, 0.1) is 6.10 Å². The highest BCUT2D eigenvalue weighted by Gasteiger charge is 2.28. The second kappa shape index (κ2) is 6.48. The molecule has 2 N–H and O–H groups in total. The molecule has 1 aliphatic heterocycles. The minimum absolute atomic E-state index is 0.215. The van der Waals surface area contributed by atoms with E-state index < -0.39 is 0 Å². The number of carbonyl (C=O) groups is 1. The molecule has 0 aromatic heterocycles. The molecule has 1 amide bonds. The summed E-state index contributed by atoms with van der Waals surface area (Å²) >= 11 is 0. The van der Waals surface area contributed by atoms with Crippen LogP contribution in [-0.2, 0) is 11.3 Å². The number of hydrogen-bond donors (Lipinski definition) is 1. The summed E-state index contributed by atoms with van der Waals surface area (Å²) in [7, 11) is 0. The predicted molar refractivity (Wildman–Crippen MR) is 81.9 cm³/mol. The van der Waals surface area contributed by atoms with E-state index >= 15 is 0 Å². The topological polar surface area (TPSA) is 55.6 Å². The maximum Gasteiger partial charge on any atom is 0.223 e. The average molecular weight is 288 g/mol. The van der Waals surface area contributed by atoms with Gasteiger partial charge in [0.1, 0.15) is 5.75 Å². The lowest BCUT2D eigenvalue weighted by atomic mass is 10.1. The molecule has 1 unspecified atom stereocenters. The predicted octanol–water partition coefficient (Wildman–Crippen LogP) is 2.32. The molecule has 1 aromatic rings. The van der Waals surface area contributed by atoms with Crippen molar-refractivity contribution >= 4 is 5.91 Å². The minimum Gasteiger partial charge on any atom is -0.490 e. The molecule has 0 spiro atoms. The highest BCUT2D eigenvalue weighted by molar-refractivity contribution is 5.78. The van der Waals surface area contributed by atoms with Crippen molar-refractivity contribution in [1.82, 2.24) is 4.90 Å². The third kappa shape index (κ3) is 3.56. The van der Waals surface area contributed by atoms with Gasteiger partial charge in [-0.2, -0.15) is 0 Å². The van der Waals surface area contributed by atoms with Crippen LogP contribution in [0.15, 0.2) is 24.3 Å². The monoisotopic (exact) mass is 288 g/mol. The summed E-state index contributed by atoms with van der Waals surface area (Å²) < 4.78 is 6.03. The second-order valence-corrected chi connectivity index (χ2v) is 6.25. The lowest BCUT2D eigenvalue weighted by Crippen LogP contribution is -2.25. The van der Waals surface area contributed by atoms with Crippen molar-refractivity contribution in [3.8, 4) is 5.75 Å². The normalized spacial score (nSPS) is 23.0. The molecule has 4 nitrogen and oxygen atoms in total. The van der Waals surface area contributed by atoms with Crippen molar-refractivity contribution in [3.05, 3.63) is 29.8 Å². The average Bonchev–Trinajstić information content (AvgIpc) is 3.10. The molecule has 4 heteroatoms. The van der Waals surface area contributed by atoms with Crippen LogP contribution >= 0.6 is 0 Å². The van der Waals surface area contributed by atoms with Crippen LogP contribution in [0.3, 0.4) is 0 Å². The standard InChI is InChI=1S/C17H24N2O2/c18-10-14-9-17(20)19(12-14)11-13-4-3-7-16(8-13)21-15-5-1-2-6-15/h3-4,7-8,14-15H,1-2,5-6,9-12,18H2. The third-order valence-electron chi connectivity index (χ3n) is 4.50. The van der Waals surface area contributed by atoms with Crippen molar-refractivity contribution < 1.29 is 9.53 Å². The van der Waals surface area contributed by atoms with E-state index in [9.17, 15) is 4.79 Å². The van der Waals surface area contributed by atoms with Gasteiger partial charge in [-0.15, -0.1) is 0 Å². The molecule has 2 fully saturated rings. The van der Waals surface area contributed by atoms with Crippen molar-refractivity contribution in [2.45, 2.75) is 44.8 Å². The van der Waals surface area contributed by atoms with Crippen LogP contribution in [0.2, 0.25) is 0 Å². The fraction of sp³-hybridized carbons (Fsp3) is 0.588. The molecule has 2 aliphatic rings. The van der Waals surface area contributed by atoms with Gasteiger partial charge in [-0.25, -0.2) is 0 Å². The van der Waals surface area contributed by atoms with E-state index in [0.717, 1.165) is 30.7 Å². The zero-order valence-corrected chi connectivity index (χ0v) is 12.5. The first-order valence-electron chi connectivity index (χ1n) is 7.98. The maximum absolute atomic E-state index is 12.0. The number of benzene rings is 1. The number of rotatable bonds is 5. The molecule has 0 bridgehead atoms. The molecule has 0 radical (unpaired) electrons. The van der Waals surface area contributed by atoms with Crippen LogP contribution in [0, 0.1) is 5.92 Å². The first-order valence-corrected chi connectivity index (χ1v) is 7.98. The lowest BCUT2D eigenvalue weighted by Gasteiger charge is -2.18. The van der Waals surface area contributed by atoms with Crippen LogP contribution in [0.5, 0.6) is 5.75 Å². The Morgan fingerprint density at radius 2 is 2.10 bits per heavy atom. The van der Waals surface area contributed by atoms with Crippen LogP contribution in [0.1, 0.15) is 37.7 Å². The van der Waals surface area contributed by atoms with E-state index in [1.165, 1.54) is 12.8 Å². The van der Waals surface area contributed by atoms with E-state index in [2.05, 4.69) is 12.1 Å². The Hall–Kier alpha value is -1.55.